The second-order valence-electron chi connectivity index (χ2n) is 4.40. The van der Waals surface area contributed by atoms with E-state index in [1.807, 2.05) is 32.0 Å². The van der Waals surface area contributed by atoms with Crippen LogP contribution in [0.15, 0.2) is 24.3 Å². The van der Waals surface area contributed by atoms with Crippen molar-refractivity contribution in [3.63, 3.8) is 0 Å². The number of carbonyl (C=O) groups excluding carboxylic acids is 1. The maximum Gasteiger partial charge on any atom is 0.339 e. The van der Waals surface area contributed by atoms with Gasteiger partial charge in [0.2, 0.25) is 0 Å². The van der Waals surface area contributed by atoms with Crippen molar-refractivity contribution in [1.82, 2.24) is 0 Å². The Bertz CT molecular complexity index is 450. The third-order valence-corrected chi connectivity index (χ3v) is 2.37. The molecule has 2 nitrogen and oxygen atoms in total. The molecule has 1 aromatic carbocycles. The molecule has 0 heterocycles. The highest BCUT2D eigenvalue weighted by molar-refractivity contribution is 5.92. The zero-order valence-electron chi connectivity index (χ0n) is 11.3. The number of rotatable bonds is 4. The second-order valence-corrected chi connectivity index (χ2v) is 4.40. The van der Waals surface area contributed by atoms with Crippen molar-refractivity contribution in [2.45, 2.75) is 46.1 Å². The summed E-state index contributed by atoms with van der Waals surface area (Å²) in [7, 11) is 0. The van der Waals surface area contributed by atoms with Gasteiger partial charge in [0.05, 0.1) is 11.7 Å². The fourth-order valence-corrected chi connectivity index (χ4v) is 1.47. The summed E-state index contributed by atoms with van der Waals surface area (Å²) in [4.78, 5) is 11.9. The highest BCUT2D eigenvalue weighted by Gasteiger charge is 2.12. The molecule has 0 aromatic heterocycles. The van der Waals surface area contributed by atoms with E-state index < -0.39 is 0 Å². The first-order valence-electron chi connectivity index (χ1n) is 6.44. The molecule has 0 saturated heterocycles. The van der Waals surface area contributed by atoms with Crippen molar-refractivity contribution >= 4 is 5.97 Å². The van der Waals surface area contributed by atoms with E-state index in [-0.39, 0.29) is 12.1 Å². The van der Waals surface area contributed by atoms with Crippen LogP contribution in [-0.4, -0.2) is 12.1 Å². The monoisotopic (exact) mass is 244 g/mol. The Morgan fingerprint density at radius 3 is 2.72 bits per heavy atom. The van der Waals surface area contributed by atoms with Crippen molar-refractivity contribution in [3.05, 3.63) is 35.4 Å². The Morgan fingerprint density at radius 1 is 1.33 bits per heavy atom. The Balaban J connectivity index is 2.84. The molecular weight excluding hydrogens is 224 g/mol. The molecule has 0 aliphatic rings. The summed E-state index contributed by atoms with van der Waals surface area (Å²) in [5.74, 6) is 5.84. The lowest BCUT2D eigenvalue weighted by molar-refractivity contribution is 0.0377. The molecule has 0 aliphatic carbocycles. The van der Waals surface area contributed by atoms with Gasteiger partial charge in [-0.2, -0.15) is 0 Å². The van der Waals surface area contributed by atoms with Crippen LogP contribution in [0.5, 0.6) is 0 Å². The summed E-state index contributed by atoms with van der Waals surface area (Å²) in [6.07, 6.45) is 2.97. The number of carbonyl (C=O) groups is 1. The van der Waals surface area contributed by atoms with Crippen LogP contribution in [0, 0.1) is 11.8 Å². The molecule has 0 atom stereocenters. The quantitative estimate of drug-likeness (QED) is 0.457. The standard InChI is InChI=1S/C16H20O2/c1-4-5-6-7-10-14-11-8-9-12-15(14)16(17)18-13(2)3/h8-9,11-13H,4-6H2,1-3H3. The lowest BCUT2D eigenvalue weighted by Gasteiger charge is -2.08. The minimum Gasteiger partial charge on any atom is -0.459 e. The van der Waals surface area contributed by atoms with E-state index in [0.717, 1.165) is 24.8 Å². The largest absolute Gasteiger partial charge is 0.459 e. The molecule has 1 rings (SSSR count). The summed E-state index contributed by atoms with van der Waals surface area (Å²) in [6.45, 7) is 5.82. The molecule has 96 valence electrons. The van der Waals surface area contributed by atoms with Gasteiger partial charge < -0.3 is 4.74 Å². The second kappa shape index (κ2) is 7.55. The van der Waals surface area contributed by atoms with Gasteiger partial charge in [0.1, 0.15) is 0 Å². The molecule has 0 spiro atoms. The smallest absolute Gasteiger partial charge is 0.339 e. The Morgan fingerprint density at radius 2 is 2.06 bits per heavy atom. The van der Waals surface area contributed by atoms with Crippen LogP contribution in [0.25, 0.3) is 0 Å². The zero-order chi connectivity index (χ0) is 13.4. The molecule has 0 amide bonds. The normalized spacial score (nSPS) is 9.78. The number of hydrogen-bond donors (Lipinski definition) is 0. The number of esters is 1. The van der Waals surface area contributed by atoms with Crippen LogP contribution in [0.2, 0.25) is 0 Å². The molecule has 0 bridgehead atoms. The van der Waals surface area contributed by atoms with E-state index in [0.29, 0.717) is 5.56 Å². The zero-order valence-corrected chi connectivity index (χ0v) is 11.3. The minimum absolute atomic E-state index is 0.112. The summed E-state index contributed by atoms with van der Waals surface area (Å²) < 4.78 is 5.20. The highest BCUT2D eigenvalue weighted by Crippen LogP contribution is 2.10. The molecule has 2 heteroatoms. The van der Waals surface area contributed by atoms with Crippen LogP contribution in [0.1, 0.15) is 56.0 Å². The van der Waals surface area contributed by atoms with Crippen molar-refractivity contribution in [2.75, 3.05) is 0 Å². The van der Waals surface area contributed by atoms with E-state index in [9.17, 15) is 4.79 Å². The summed E-state index contributed by atoms with van der Waals surface area (Å²) in [5, 5.41) is 0. The van der Waals surface area contributed by atoms with E-state index in [1.54, 1.807) is 6.07 Å². The van der Waals surface area contributed by atoms with E-state index >= 15 is 0 Å². The van der Waals surface area contributed by atoms with Crippen LogP contribution < -0.4 is 0 Å². The predicted molar refractivity (Wildman–Crippen MR) is 73.4 cm³/mol. The molecular formula is C16H20O2. The SMILES string of the molecule is CCCCC#Cc1ccccc1C(=O)OC(C)C. The first kappa shape index (κ1) is 14.3. The molecule has 0 fully saturated rings. The van der Waals surface area contributed by atoms with Gasteiger partial charge in [-0.15, -0.1) is 0 Å². The highest BCUT2D eigenvalue weighted by atomic mass is 16.5. The Kier molecular flexibility index (Phi) is 6.00. The molecule has 0 unspecified atom stereocenters. The summed E-state index contributed by atoms with van der Waals surface area (Å²) in [6, 6.07) is 7.33. The maximum absolute atomic E-state index is 11.9. The lowest BCUT2D eigenvalue weighted by Crippen LogP contribution is -2.12. The molecule has 0 saturated carbocycles. The molecule has 18 heavy (non-hydrogen) atoms. The minimum atomic E-state index is -0.301. The van der Waals surface area contributed by atoms with E-state index in [4.69, 9.17) is 4.74 Å². The van der Waals surface area contributed by atoms with Crippen molar-refractivity contribution in [2.24, 2.45) is 0 Å². The van der Waals surface area contributed by atoms with E-state index in [2.05, 4.69) is 18.8 Å². The van der Waals surface area contributed by atoms with Gasteiger partial charge in [0.15, 0.2) is 0 Å². The molecule has 0 N–H and O–H groups in total. The van der Waals surface area contributed by atoms with Gasteiger partial charge in [-0.3, -0.25) is 0 Å². The van der Waals surface area contributed by atoms with Gasteiger partial charge in [-0.1, -0.05) is 37.3 Å². The first-order chi connectivity index (χ1) is 8.65. The van der Waals surface area contributed by atoms with Crippen molar-refractivity contribution in [3.8, 4) is 11.8 Å². The number of hydrogen-bond acceptors (Lipinski definition) is 2. The third kappa shape index (κ3) is 4.63. The number of ether oxygens (including phenoxy) is 1. The van der Waals surface area contributed by atoms with Gasteiger partial charge >= 0.3 is 5.97 Å². The fourth-order valence-electron chi connectivity index (χ4n) is 1.47. The molecule has 0 aliphatic heterocycles. The maximum atomic E-state index is 11.9. The van der Waals surface area contributed by atoms with Crippen molar-refractivity contribution in [1.29, 1.82) is 0 Å². The van der Waals surface area contributed by atoms with Gasteiger partial charge in [-0.25, -0.2) is 4.79 Å². The number of unbranched alkanes of at least 4 members (excludes halogenated alkanes) is 2. The van der Waals surface area contributed by atoms with Gasteiger partial charge in [0.25, 0.3) is 0 Å². The summed E-state index contributed by atoms with van der Waals surface area (Å²) >= 11 is 0. The summed E-state index contributed by atoms with van der Waals surface area (Å²) in [5.41, 5.74) is 1.30. The van der Waals surface area contributed by atoms with E-state index in [1.165, 1.54) is 0 Å². The van der Waals surface area contributed by atoms with Crippen LogP contribution in [-0.2, 0) is 4.74 Å². The Hall–Kier alpha value is -1.75. The number of benzene rings is 1. The van der Waals surface area contributed by atoms with Crippen LogP contribution in [0.3, 0.4) is 0 Å². The third-order valence-electron chi connectivity index (χ3n) is 2.37. The fraction of sp³-hybridized carbons (Fsp3) is 0.438. The topological polar surface area (TPSA) is 26.3 Å². The lowest BCUT2D eigenvalue weighted by atomic mass is 10.1. The molecule has 1 aromatic rings. The molecule has 0 radical (unpaired) electrons. The average Bonchev–Trinajstić information content (AvgIpc) is 2.34. The predicted octanol–water partition coefficient (Wildman–Crippen LogP) is 3.79. The average molecular weight is 244 g/mol. The van der Waals surface area contributed by atoms with Gasteiger partial charge in [0, 0.05) is 12.0 Å². The van der Waals surface area contributed by atoms with Crippen molar-refractivity contribution < 1.29 is 9.53 Å². The van der Waals surface area contributed by atoms with Gasteiger partial charge in [-0.05, 0) is 32.4 Å². The Labute approximate surface area is 109 Å². The van der Waals surface area contributed by atoms with Crippen LogP contribution in [0.4, 0.5) is 0 Å². The van der Waals surface area contributed by atoms with Crippen LogP contribution >= 0.6 is 0 Å². The first-order valence-corrected chi connectivity index (χ1v) is 6.44.